The number of rotatable bonds is 3. The zero-order valence-corrected chi connectivity index (χ0v) is 13.5. The Balaban J connectivity index is 1.52. The van der Waals surface area contributed by atoms with Crippen molar-refractivity contribution in [1.82, 2.24) is 20.1 Å². The third-order valence-corrected chi connectivity index (χ3v) is 5.07. The third kappa shape index (κ3) is 2.54. The lowest BCUT2D eigenvalue weighted by molar-refractivity contribution is -0.123. The molecule has 2 aromatic rings. The van der Waals surface area contributed by atoms with Gasteiger partial charge in [0, 0.05) is 13.0 Å². The van der Waals surface area contributed by atoms with Crippen molar-refractivity contribution < 1.29 is 4.79 Å². The fraction of sp³-hybridized carbons (Fsp3) is 0.500. The van der Waals surface area contributed by atoms with Gasteiger partial charge in [-0.05, 0) is 43.7 Å². The van der Waals surface area contributed by atoms with Gasteiger partial charge >= 0.3 is 0 Å². The number of fused-ring (bicyclic) bond motifs is 2. The summed E-state index contributed by atoms with van der Waals surface area (Å²) in [4.78, 5) is 12.8. The number of carbonyl (C=O) groups excluding carboxylic acids is 1. The van der Waals surface area contributed by atoms with E-state index in [1.807, 2.05) is 13.0 Å². The fourth-order valence-corrected chi connectivity index (χ4v) is 3.90. The van der Waals surface area contributed by atoms with Gasteiger partial charge in [-0.3, -0.25) is 4.79 Å². The van der Waals surface area contributed by atoms with Crippen molar-refractivity contribution in [3.05, 3.63) is 47.0 Å². The maximum atomic E-state index is 12.8. The molecular weight excluding hydrogens is 288 g/mol. The number of nitrogens with one attached hydrogen (secondary N) is 1. The Morgan fingerprint density at radius 3 is 3.04 bits per heavy atom. The molecule has 1 N–H and O–H groups in total. The van der Waals surface area contributed by atoms with Gasteiger partial charge in [0.15, 0.2) is 5.82 Å². The minimum atomic E-state index is -0.101. The number of hydrogen-bond acceptors (Lipinski definition) is 3. The zero-order valence-electron chi connectivity index (χ0n) is 13.5. The molecule has 2 atom stereocenters. The highest BCUT2D eigenvalue weighted by Crippen LogP contribution is 2.32. The SMILES string of the molecule is C[C@@H](NC(=O)[C@@H]1CCCc2ccccc21)c1nnc2n1CCC2. The van der Waals surface area contributed by atoms with E-state index in [1.165, 1.54) is 11.1 Å². The molecule has 0 saturated carbocycles. The Bertz CT molecular complexity index is 736. The monoisotopic (exact) mass is 310 g/mol. The molecule has 1 aliphatic heterocycles. The fourth-order valence-electron chi connectivity index (χ4n) is 3.90. The second-order valence-electron chi connectivity index (χ2n) is 6.60. The van der Waals surface area contributed by atoms with E-state index in [9.17, 15) is 4.79 Å². The molecule has 0 radical (unpaired) electrons. The first-order valence-corrected chi connectivity index (χ1v) is 8.54. The van der Waals surface area contributed by atoms with Gasteiger partial charge in [-0.2, -0.15) is 0 Å². The van der Waals surface area contributed by atoms with Crippen molar-refractivity contribution in [3.8, 4) is 0 Å². The van der Waals surface area contributed by atoms with E-state index in [2.05, 4.69) is 38.3 Å². The average Bonchev–Trinajstić information content (AvgIpc) is 3.17. The summed E-state index contributed by atoms with van der Waals surface area (Å²) in [7, 11) is 0. The molecule has 0 unspecified atom stereocenters. The van der Waals surface area contributed by atoms with Gasteiger partial charge in [0.25, 0.3) is 0 Å². The largest absolute Gasteiger partial charge is 0.346 e. The molecule has 4 rings (SSSR count). The first-order valence-electron chi connectivity index (χ1n) is 8.54. The van der Waals surface area contributed by atoms with Crippen LogP contribution in [0.25, 0.3) is 0 Å². The van der Waals surface area contributed by atoms with Crippen LogP contribution in [0.1, 0.15) is 60.9 Å². The average molecular weight is 310 g/mol. The van der Waals surface area contributed by atoms with E-state index in [-0.39, 0.29) is 17.9 Å². The molecule has 23 heavy (non-hydrogen) atoms. The van der Waals surface area contributed by atoms with Gasteiger partial charge < -0.3 is 9.88 Å². The predicted molar refractivity (Wildman–Crippen MR) is 87.0 cm³/mol. The van der Waals surface area contributed by atoms with Crippen molar-refractivity contribution in [2.45, 2.75) is 57.5 Å². The van der Waals surface area contributed by atoms with Gasteiger partial charge in [0.2, 0.25) is 5.91 Å². The lowest BCUT2D eigenvalue weighted by atomic mass is 9.82. The van der Waals surface area contributed by atoms with Crippen LogP contribution in [0.15, 0.2) is 24.3 Å². The Morgan fingerprint density at radius 1 is 1.26 bits per heavy atom. The first kappa shape index (κ1) is 14.4. The lowest BCUT2D eigenvalue weighted by Gasteiger charge is -2.26. The van der Waals surface area contributed by atoms with E-state index in [4.69, 9.17) is 0 Å². The van der Waals surface area contributed by atoms with Crippen molar-refractivity contribution >= 4 is 5.91 Å². The maximum Gasteiger partial charge on any atom is 0.228 e. The van der Waals surface area contributed by atoms with Crippen LogP contribution in [0.4, 0.5) is 0 Å². The van der Waals surface area contributed by atoms with E-state index in [0.717, 1.165) is 50.3 Å². The Hall–Kier alpha value is -2.17. The summed E-state index contributed by atoms with van der Waals surface area (Å²) in [5.74, 6) is 2.00. The summed E-state index contributed by atoms with van der Waals surface area (Å²) >= 11 is 0. The van der Waals surface area contributed by atoms with E-state index in [1.54, 1.807) is 0 Å². The van der Waals surface area contributed by atoms with E-state index in [0.29, 0.717) is 0 Å². The summed E-state index contributed by atoms with van der Waals surface area (Å²) in [6.45, 7) is 2.96. The summed E-state index contributed by atoms with van der Waals surface area (Å²) in [5, 5.41) is 11.7. The second kappa shape index (κ2) is 5.80. The number of nitrogens with zero attached hydrogens (tertiary/aromatic N) is 3. The van der Waals surface area contributed by atoms with Crippen LogP contribution < -0.4 is 5.32 Å². The quantitative estimate of drug-likeness (QED) is 0.947. The van der Waals surface area contributed by atoms with E-state index >= 15 is 0 Å². The topological polar surface area (TPSA) is 59.8 Å². The molecule has 2 aliphatic rings. The van der Waals surface area contributed by atoms with Gasteiger partial charge in [-0.1, -0.05) is 24.3 Å². The standard InChI is InChI=1S/C18H22N4O/c1-12(17-21-20-16-10-5-11-22(16)17)19-18(23)15-9-4-7-13-6-2-3-8-14(13)15/h2-3,6,8,12,15H,4-5,7,9-11H2,1H3,(H,19,23)/t12-,15-/m1/s1. The van der Waals surface area contributed by atoms with E-state index < -0.39 is 0 Å². The number of hydrogen-bond donors (Lipinski definition) is 1. The molecule has 1 amide bonds. The number of aryl methyl sites for hydroxylation is 2. The molecule has 0 fully saturated rings. The third-order valence-electron chi connectivity index (χ3n) is 5.07. The van der Waals surface area contributed by atoms with Crippen LogP contribution in [0.3, 0.4) is 0 Å². The van der Waals surface area contributed by atoms with Crippen molar-refractivity contribution in [3.63, 3.8) is 0 Å². The maximum absolute atomic E-state index is 12.8. The highest BCUT2D eigenvalue weighted by Gasteiger charge is 2.29. The van der Waals surface area contributed by atoms with Gasteiger partial charge in [0.1, 0.15) is 5.82 Å². The van der Waals surface area contributed by atoms with Crippen LogP contribution in [0.2, 0.25) is 0 Å². The number of aromatic nitrogens is 3. The summed E-state index contributed by atoms with van der Waals surface area (Å²) in [6, 6.07) is 8.22. The molecule has 1 aliphatic carbocycles. The molecule has 5 heteroatoms. The summed E-state index contributed by atoms with van der Waals surface area (Å²) in [5.41, 5.74) is 2.50. The molecule has 0 spiro atoms. The predicted octanol–water partition coefficient (Wildman–Crippen LogP) is 2.52. The molecule has 2 heterocycles. The number of amides is 1. The van der Waals surface area contributed by atoms with Crippen molar-refractivity contribution in [2.24, 2.45) is 0 Å². The molecule has 120 valence electrons. The summed E-state index contributed by atoms with van der Waals surface area (Å²) < 4.78 is 2.15. The molecular formula is C18H22N4O. The smallest absolute Gasteiger partial charge is 0.228 e. The van der Waals surface area contributed by atoms with Gasteiger partial charge in [-0.15, -0.1) is 10.2 Å². The molecule has 0 bridgehead atoms. The van der Waals surface area contributed by atoms with Crippen LogP contribution >= 0.6 is 0 Å². The minimum Gasteiger partial charge on any atom is -0.346 e. The van der Waals surface area contributed by atoms with Crippen LogP contribution in [-0.2, 0) is 24.2 Å². The lowest BCUT2D eigenvalue weighted by Crippen LogP contribution is -2.34. The van der Waals surface area contributed by atoms with Crippen molar-refractivity contribution in [2.75, 3.05) is 0 Å². The van der Waals surface area contributed by atoms with Crippen LogP contribution in [-0.4, -0.2) is 20.7 Å². The summed E-state index contributed by atoms with van der Waals surface area (Å²) in [6.07, 6.45) is 5.18. The van der Waals surface area contributed by atoms with Gasteiger partial charge in [-0.25, -0.2) is 0 Å². The Kier molecular flexibility index (Phi) is 3.63. The van der Waals surface area contributed by atoms with Crippen molar-refractivity contribution in [1.29, 1.82) is 0 Å². The number of benzene rings is 1. The molecule has 1 aromatic heterocycles. The van der Waals surface area contributed by atoms with Crippen LogP contribution in [0.5, 0.6) is 0 Å². The Labute approximate surface area is 136 Å². The molecule has 1 aromatic carbocycles. The number of carbonyl (C=O) groups is 1. The Morgan fingerprint density at radius 2 is 2.13 bits per heavy atom. The highest BCUT2D eigenvalue weighted by atomic mass is 16.2. The second-order valence-corrected chi connectivity index (χ2v) is 6.60. The normalized spacial score (nSPS) is 20.7. The molecule has 0 saturated heterocycles. The minimum absolute atomic E-state index is 0.0385. The van der Waals surface area contributed by atoms with Gasteiger partial charge in [0.05, 0.1) is 12.0 Å². The highest BCUT2D eigenvalue weighted by molar-refractivity contribution is 5.84. The zero-order chi connectivity index (χ0) is 15.8. The first-order chi connectivity index (χ1) is 11.2. The van der Waals surface area contributed by atoms with Crippen LogP contribution in [0, 0.1) is 0 Å². The molecule has 5 nitrogen and oxygen atoms in total.